The van der Waals surface area contributed by atoms with E-state index >= 15 is 0 Å². The molecule has 5 nitrogen and oxygen atoms in total. The van der Waals surface area contributed by atoms with E-state index in [0.717, 1.165) is 22.4 Å². The van der Waals surface area contributed by atoms with Gasteiger partial charge in [0.25, 0.3) is 0 Å². The molecule has 2 atom stereocenters. The zero-order valence-electron chi connectivity index (χ0n) is 13.4. The van der Waals surface area contributed by atoms with Crippen LogP contribution in [0.4, 0.5) is 0 Å². The molecule has 0 heterocycles. The highest BCUT2D eigenvalue weighted by Crippen LogP contribution is 2.22. The van der Waals surface area contributed by atoms with Gasteiger partial charge in [0.1, 0.15) is 5.75 Å². The van der Waals surface area contributed by atoms with Crippen molar-refractivity contribution in [1.82, 2.24) is 5.43 Å². The SMILES string of the molecule is COc1ccc(CNN)cc1C[C@H](O)[C@@H](N)Cc1ccccc1. The molecule has 2 rings (SSSR count). The summed E-state index contributed by atoms with van der Waals surface area (Å²) < 4.78 is 5.37. The lowest BCUT2D eigenvalue weighted by atomic mass is 9.96. The summed E-state index contributed by atoms with van der Waals surface area (Å²) >= 11 is 0. The summed E-state index contributed by atoms with van der Waals surface area (Å²) in [6, 6.07) is 15.4. The number of nitrogens with one attached hydrogen (secondary N) is 1. The van der Waals surface area contributed by atoms with Crippen LogP contribution >= 0.6 is 0 Å². The third kappa shape index (κ3) is 5.04. The molecule has 2 aromatic carbocycles. The van der Waals surface area contributed by atoms with Crippen LogP contribution in [0, 0.1) is 0 Å². The Kier molecular flexibility index (Phi) is 6.55. The third-order valence-corrected chi connectivity index (χ3v) is 3.89. The predicted molar refractivity (Wildman–Crippen MR) is 91.9 cm³/mol. The molecule has 0 unspecified atom stereocenters. The molecule has 124 valence electrons. The third-order valence-electron chi connectivity index (χ3n) is 3.89. The van der Waals surface area contributed by atoms with Crippen LogP contribution in [0.2, 0.25) is 0 Å². The van der Waals surface area contributed by atoms with E-state index in [4.69, 9.17) is 16.3 Å². The summed E-state index contributed by atoms with van der Waals surface area (Å²) in [5, 5.41) is 10.5. The van der Waals surface area contributed by atoms with E-state index in [1.54, 1.807) is 7.11 Å². The molecule has 0 spiro atoms. The number of hydrazine groups is 1. The summed E-state index contributed by atoms with van der Waals surface area (Å²) in [5.74, 6) is 6.11. The van der Waals surface area contributed by atoms with Crippen LogP contribution in [-0.2, 0) is 19.4 Å². The molecule has 2 aromatic rings. The lowest BCUT2D eigenvalue weighted by Crippen LogP contribution is -2.38. The van der Waals surface area contributed by atoms with E-state index in [-0.39, 0.29) is 6.04 Å². The van der Waals surface area contributed by atoms with Gasteiger partial charge in [-0.1, -0.05) is 42.5 Å². The molecule has 0 fully saturated rings. The fourth-order valence-corrected chi connectivity index (χ4v) is 2.62. The van der Waals surface area contributed by atoms with Crippen LogP contribution in [0.25, 0.3) is 0 Å². The van der Waals surface area contributed by atoms with E-state index in [1.165, 1.54) is 0 Å². The highest BCUT2D eigenvalue weighted by atomic mass is 16.5. The smallest absolute Gasteiger partial charge is 0.122 e. The first-order valence-corrected chi connectivity index (χ1v) is 7.71. The standard InChI is InChI=1S/C18H25N3O2/c1-23-18-8-7-14(12-21-20)9-15(18)11-17(22)16(19)10-13-5-3-2-4-6-13/h2-9,16-17,21-22H,10-12,19-20H2,1H3/t16-,17-/m0/s1. The van der Waals surface area contributed by atoms with Crippen molar-refractivity contribution in [2.24, 2.45) is 11.6 Å². The molecule has 0 bridgehead atoms. The summed E-state index contributed by atoms with van der Waals surface area (Å²) in [6.07, 6.45) is 0.425. The minimum Gasteiger partial charge on any atom is -0.496 e. The Bertz CT molecular complexity index is 604. The van der Waals surface area contributed by atoms with Crippen molar-refractivity contribution in [3.05, 3.63) is 65.2 Å². The van der Waals surface area contributed by atoms with Gasteiger partial charge in [-0.25, -0.2) is 0 Å². The molecular weight excluding hydrogens is 290 g/mol. The lowest BCUT2D eigenvalue weighted by molar-refractivity contribution is 0.143. The van der Waals surface area contributed by atoms with Gasteiger partial charge in [-0.05, 0) is 29.2 Å². The van der Waals surface area contributed by atoms with E-state index in [0.29, 0.717) is 19.4 Å². The number of aliphatic hydroxyl groups is 1. The number of nitrogens with two attached hydrogens (primary N) is 2. The van der Waals surface area contributed by atoms with Crippen molar-refractivity contribution >= 4 is 0 Å². The Morgan fingerprint density at radius 3 is 2.48 bits per heavy atom. The quantitative estimate of drug-likeness (QED) is 0.433. The highest BCUT2D eigenvalue weighted by Gasteiger charge is 2.18. The number of aliphatic hydroxyl groups excluding tert-OH is 1. The second-order valence-corrected chi connectivity index (χ2v) is 5.65. The summed E-state index contributed by atoms with van der Waals surface area (Å²) in [4.78, 5) is 0. The zero-order chi connectivity index (χ0) is 16.7. The van der Waals surface area contributed by atoms with Gasteiger partial charge in [0, 0.05) is 19.0 Å². The molecular formula is C18H25N3O2. The van der Waals surface area contributed by atoms with Gasteiger partial charge in [-0.2, -0.15) is 0 Å². The van der Waals surface area contributed by atoms with Crippen molar-refractivity contribution in [3.8, 4) is 5.75 Å². The van der Waals surface area contributed by atoms with Gasteiger partial charge in [0.05, 0.1) is 13.2 Å². The van der Waals surface area contributed by atoms with Gasteiger partial charge in [0.2, 0.25) is 0 Å². The molecule has 0 aromatic heterocycles. The number of hydrogen-bond acceptors (Lipinski definition) is 5. The van der Waals surface area contributed by atoms with Crippen LogP contribution in [0.15, 0.2) is 48.5 Å². The molecule has 23 heavy (non-hydrogen) atoms. The summed E-state index contributed by atoms with van der Waals surface area (Å²) in [6.45, 7) is 0.559. The Morgan fingerprint density at radius 2 is 1.83 bits per heavy atom. The molecule has 0 saturated carbocycles. The van der Waals surface area contributed by atoms with Crippen LogP contribution in [0.5, 0.6) is 5.75 Å². The number of hydrogen-bond donors (Lipinski definition) is 4. The molecule has 0 aliphatic carbocycles. The predicted octanol–water partition coefficient (Wildman–Crippen LogP) is 1.13. The molecule has 0 aliphatic rings. The fraction of sp³-hybridized carbons (Fsp3) is 0.333. The zero-order valence-corrected chi connectivity index (χ0v) is 13.4. The largest absolute Gasteiger partial charge is 0.496 e. The molecule has 0 radical (unpaired) electrons. The van der Waals surface area contributed by atoms with E-state index in [1.807, 2.05) is 48.5 Å². The average molecular weight is 315 g/mol. The Morgan fingerprint density at radius 1 is 1.09 bits per heavy atom. The molecule has 0 aliphatic heterocycles. The maximum atomic E-state index is 10.5. The van der Waals surface area contributed by atoms with Gasteiger partial charge in [-0.3, -0.25) is 11.3 Å². The topological polar surface area (TPSA) is 93.5 Å². The summed E-state index contributed by atoms with van der Waals surface area (Å²) in [7, 11) is 1.62. The molecule has 0 saturated heterocycles. The maximum Gasteiger partial charge on any atom is 0.122 e. The first-order valence-electron chi connectivity index (χ1n) is 7.71. The van der Waals surface area contributed by atoms with Crippen LogP contribution in [0.3, 0.4) is 0 Å². The second kappa shape index (κ2) is 8.64. The Labute approximate surface area is 137 Å². The molecule has 6 N–H and O–H groups in total. The minimum atomic E-state index is -0.648. The van der Waals surface area contributed by atoms with Gasteiger partial charge >= 0.3 is 0 Å². The average Bonchev–Trinajstić information content (AvgIpc) is 2.56. The number of rotatable bonds is 8. The summed E-state index contributed by atoms with van der Waals surface area (Å²) in [5.41, 5.74) is 11.9. The van der Waals surface area contributed by atoms with Gasteiger partial charge in [0.15, 0.2) is 0 Å². The highest BCUT2D eigenvalue weighted by molar-refractivity contribution is 5.38. The van der Waals surface area contributed by atoms with Crippen LogP contribution in [0.1, 0.15) is 16.7 Å². The normalized spacial score (nSPS) is 13.6. The maximum absolute atomic E-state index is 10.5. The van der Waals surface area contributed by atoms with Crippen molar-refractivity contribution < 1.29 is 9.84 Å². The van der Waals surface area contributed by atoms with Crippen LogP contribution < -0.4 is 21.7 Å². The second-order valence-electron chi connectivity index (χ2n) is 5.65. The van der Waals surface area contributed by atoms with E-state index in [2.05, 4.69) is 5.43 Å². The monoisotopic (exact) mass is 315 g/mol. The van der Waals surface area contributed by atoms with Crippen molar-refractivity contribution in [2.45, 2.75) is 31.5 Å². The van der Waals surface area contributed by atoms with Crippen molar-refractivity contribution in [1.29, 1.82) is 0 Å². The van der Waals surface area contributed by atoms with Gasteiger partial charge in [-0.15, -0.1) is 0 Å². The Hall–Kier alpha value is -1.92. The van der Waals surface area contributed by atoms with Crippen molar-refractivity contribution in [3.63, 3.8) is 0 Å². The number of methoxy groups -OCH3 is 1. The number of ether oxygens (including phenoxy) is 1. The fourth-order valence-electron chi connectivity index (χ4n) is 2.62. The van der Waals surface area contributed by atoms with Crippen molar-refractivity contribution in [2.75, 3.05) is 7.11 Å². The molecule has 0 amide bonds. The first kappa shape index (κ1) is 17.4. The van der Waals surface area contributed by atoms with E-state index in [9.17, 15) is 5.11 Å². The lowest BCUT2D eigenvalue weighted by Gasteiger charge is -2.20. The number of benzene rings is 2. The van der Waals surface area contributed by atoms with Gasteiger partial charge < -0.3 is 15.6 Å². The Balaban J connectivity index is 2.06. The van der Waals surface area contributed by atoms with Crippen LogP contribution in [-0.4, -0.2) is 24.4 Å². The molecule has 5 heteroatoms. The first-order chi connectivity index (χ1) is 11.1. The van der Waals surface area contributed by atoms with E-state index < -0.39 is 6.10 Å². The minimum absolute atomic E-state index is 0.335.